The zero-order valence-corrected chi connectivity index (χ0v) is 22.8. The molecule has 2 aliphatic rings. The van der Waals surface area contributed by atoms with Gasteiger partial charge in [-0.1, -0.05) is 24.8 Å². The number of nitrogens with one attached hydrogen (secondary N) is 2. The van der Waals surface area contributed by atoms with Gasteiger partial charge in [0.1, 0.15) is 5.82 Å². The summed E-state index contributed by atoms with van der Waals surface area (Å²) < 4.78 is 16.6. The van der Waals surface area contributed by atoms with E-state index >= 15 is 4.39 Å². The molecule has 9 nitrogen and oxygen atoms in total. The van der Waals surface area contributed by atoms with Crippen molar-refractivity contribution in [1.29, 1.82) is 0 Å². The molecule has 1 atom stereocenters. The Morgan fingerprint density at radius 2 is 2.02 bits per heavy atom. The lowest BCUT2D eigenvalue weighted by atomic mass is 9.96. The quantitative estimate of drug-likeness (QED) is 0.248. The second kappa shape index (κ2) is 10.2. The van der Waals surface area contributed by atoms with Gasteiger partial charge in [-0.15, -0.1) is 0 Å². The Hall–Kier alpha value is -4.83. The van der Waals surface area contributed by atoms with Crippen LogP contribution in [0.1, 0.15) is 36.3 Å². The number of aliphatic hydroxyl groups excluding tert-OH is 1. The van der Waals surface area contributed by atoms with E-state index in [1.165, 1.54) is 16.7 Å². The lowest BCUT2D eigenvalue weighted by Crippen LogP contribution is -2.30. The third-order valence-corrected chi connectivity index (χ3v) is 8.36. The molecule has 1 aliphatic heterocycles. The van der Waals surface area contributed by atoms with Crippen LogP contribution in [0, 0.1) is 5.82 Å². The van der Waals surface area contributed by atoms with Crippen LogP contribution in [0.4, 0.5) is 10.2 Å². The van der Waals surface area contributed by atoms with Crippen molar-refractivity contribution in [2.24, 2.45) is 0 Å². The molecule has 3 aromatic heterocycles. The standard InChI is InChI=1S/C32H29FN6O3/c1-2-27(41)38-12-10-21(16-38)35-31-29-23(8-11-34-30(29)36-37-31)22-4-3-5-26(24(22)17-40)39-13-9-19-14-20(18-6-7-18)15-25(33)28(19)32(39)42/h2-5,8-9,11,13-15,18,21,40H,1,6-7,10,12,16-17H2,(H2,34,35,36,37). The van der Waals surface area contributed by atoms with E-state index in [1.54, 1.807) is 29.4 Å². The van der Waals surface area contributed by atoms with E-state index in [9.17, 15) is 14.7 Å². The predicted octanol–water partition coefficient (Wildman–Crippen LogP) is 4.64. The SMILES string of the molecule is C=CC(=O)N1CCC(Nc2n[nH]c3nccc(-c4cccc(-n5ccc6cc(C7CC7)cc(F)c6c5=O)c4CO)c23)C1. The first-order valence-electron chi connectivity index (χ1n) is 14.1. The molecule has 1 saturated heterocycles. The number of nitrogens with zero attached hydrogens (tertiary/aromatic N) is 4. The maximum Gasteiger partial charge on any atom is 0.265 e. The van der Waals surface area contributed by atoms with Crippen molar-refractivity contribution in [3.8, 4) is 16.8 Å². The summed E-state index contributed by atoms with van der Waals surface area (Å²) >= 11 is 0. The molecule has 0 radical (unpaired) electrons. The van der Waals surface area contributed by atoms with Crippen molar-refractivity contribution in [1.82, 2.24) is 24.6 Å². The smallest absolute Gasteiger partial charge is 0.265 e. The molecule has 7 rings (SSSR count). The Morgan fingerprint density at radius 1 is 1.17 bits per heavy atom. The van der Waals surface area contributed by atoms with Gasteiger partial charge in [0, 0.05) is 37.1 Å². The van der Waals surface area contributed by atoms with Crippen LogP contribution in [0.15, 0.2) is 72.3 Å². The Labute approximate surface area is 240 Å². The van der Waals surface area contributed by atoms with Crippen molar-refractivity contribution in [2.45, 2.75) is 37.8 Å². The van der Waals surface area contributed by atoms with Crippen LogP contribution < -0.4 is 10.9 Å². The Balaban J connectivity index is 1.31. The molecule has 5 aromatic rings. The van der Waals surface area contributed by atoms with Crippen molar-refractivity contribution < 1.29 is 14.3 Å². The average Bonchev–Trinajstić information content (AvgIpc) is 3.63. The third kappa shape index (κ3) is 4.35. The lowest BCUT2D eigenvalue weighted by Gasteiger charge is -2.18. The van der Waals surface area contributed by atoms with Gasteiger partial charge in [0.05, 0.1) is 23.1 Å². The summed E-state index contributed by atoms with van der Waals surface area (Å²) in [5.74, 6) is 0.313. The fourth-order valence-corrected chi connectivity index (χ4v) is 6.09. The number of hydrogen-bond acceptors (Lipinski definition) is 6. The minimum Gasteiger partial charge on any atom is -0.392 e. The molecule has 1 amide bonds. The summed E-state index contributed by atoms with van der Waals surface area (Å²) in [7, 11) is 0. The predicted molar refractivity (Wildman–Crippen MR) is 159 cm³/mol. The number of halogens is 1. The molecule has 1 saturated carbocycles. The van der Waals surface area contributed by atoms with Gasteiger partial charge in [-0.3, -0.25) is 19.3 Å². The molecule has 3 N–H and O–H groups in total. The number of anilines is 1. The van der Waals surface area contributed by atoms with Gasteiger partial charge >= 0.3 is 0 Å². The number of fused-ring (bicyclic) bond motifs is 2. The monoisotopic (exact) mass is 564 g/mol. The normalized spacial score (nSPS) is 16.8. The molecule has 0 spiro atoms. The second-order valence-electron chi connectivity index (χ2n) is 11.0. The van der Waals surface area contributed by atoms with Gasteiger partial charge in [-0.05, 0) is 77.6 Å². The molecule has 2 fully saturated rings. The first kappa shape index (κ1) is 26.1. The summed E-state index contributed by atoms with van der Waals surface area (Å²) in [6.07, 6.45) is 7.45. The fourth-order valence-electron chi connectivity index (χ4n) is 6.09. The van der Waals surface area contributed by atoms with Crippen LogP contribution in [0.25, 0.3) is 38.6 Å². The van der Waals surface area contributed by atoms with Crippen molar-refractivity contribution in [3.63, 3.8) is 0 Å². The molecule has 212 valence electrons. The molecular weight excluding hydrogens is 535 g/mol. The number of benzene rings is 2. The van der Waals surface area contributed by atoms with Gasteiger partial charge in [-0.2, -0.15) is 5.10 Å². The maximum atomic E-state index is 15.2. The van der Waals surface area contributed by atoms with Crippen LogP contribution in [-0.4, -0.2) is 54.8 Å². The summed E-state index contributed by atoms with van der Waals surface area (Å²) in [6.45, 7) is 4.36. The molecule has 10 heteroatoms. The Kier molecular flexibility index (Phi) is 6.35. The number of H-pyrrole nitrogens is 1. The minimum atomic E-state index is -0.527. The van der Waals surface area contributed by atoms with Crippen molar-refractivity contribution >= 4 is 33.5 Å². The van der Waals surface area contributed by atoms with Gasteiger partial charge in [0.2, 0.25) is 5.91 Å². The van der Waals surface area contributed by atoms with E-state index in [1.807, 2.05) is 24.3 Å². The first-order valence-corrected chi connectivity index (χ1v) is 14.1. The van der Waals surface area contributed by atoms with Gasteiger partial charge < -0.3 is 15.3 Å². The van der Waals surface area contributed by atoms with Crippen LogP contribution in [0.2, 0.25) is 0 Å². The molecular formula is C32H29FN6O3. The van der Waals surface area contributed by atoms with Gasteiger partial charge in [-0.25, -0.2) is 9.37 Å². The number of aromatic nitrogens is 4. The van der Waals surface area contributed by atoms with Crippen LogP contribution in [0.3, 0.4) is 0 Å². The highest BCUT2D eigenvalue weighted by atomic mass is 19.1. The topological polar surface area (TPSA) is 116 Å². The maximum absolute atomic E-state index is 15.2. The van der Waals surface area contributed by atoms with E-state index in [0.29, 0.717) is 52.7 Å². The van der Waals surface area contributed by atoms with Crippen LogP contribution in [0.5, 0.6) is 0 Å². The number of aliphatic hydroxyl groups is 1. The number of hydrogen-bond donors (Lipinski definition) is 3. The number of rotatable bonds is 7. The molecule has 0 bridgehead atoms. The minimum absolute atomic E-state index is 0.0105. The summed E-state index contributed by atoms with van der Waals surface area (Å²) in [5.41, 5.74) is 3.43. The highest BCUT2D eigenvalue weighted by Crippen LogP contribution is 2.41. The summed E-state index contributed by atoms with van der Waals surface area (Å²) in [6, 6.07) is 12.4. The summed E-state index contributed by atoms with van der Waals surface area (Å²) in [5, 5.41) is 22.8. The average molecular weight is 565 g/mol. The first-order chi connectivity index (χ1) is 20.5. The van der Waals surface area contributed by atoms with E-state index in [-0.39, 0.29) is 23.9 Å². The van der Waals surface area contributed by atoms with Crippen molar-refractivity contribution in [2.75, 3.05) is 18.4 Å². The molecule has 2 aromatic carbocycles. The van der Waals surface area contributed by atoms with Crippen LogP contribution in [-0.2, 0) is 11.4 Å². The molecule has 42 heavy (non-hydrogen) atoms. The molecule has 1 unspecified atom stereocenters. The highest BCUT2D eigenvalue weighted by molar-refractivity contribution is 6.01. The fraction of sp³-hybridized carbons (Fsp3) is 0.250. The number of amides is 1. The van der Waals surface area contributed by atoms with Crippen molar-refractivity contribution in [3.05, 3.63) is 94.8 Å². The largest absolute Gasteiger partial charge is 0.392 e. The van der Waals surface area contributed by atoms with Gasteiger partial charge in [0.25, 0.3) is 5.56 Å². The molecule has 1 aliphatic carbocycles. The summed E-state index contributed by atoms with van der Waals surface area (Å²) in [4.78, 5) is 31.9. The van der Waals surface area contributed by atoms with E-state index < -0.39 is 11.4 Å². The van der Waals surface area contributed by atoms with E-state index in [2.05, 4.69) is 27.1 Å². The Bertz CT molecular complexity index is 1940. The zero-order chi connectivity index (χ0) is 29.0. The molecule has 4 heterocycles. The zero-order valence-electron chi connectivity index (χ0n) is 22.8. The van der Waals surface area contributed by atoms with E-state index in [4.69, 9.17) is 0 Å². The third-order valence-electron chi connectivity index (χ3n) is 8.36. The number of pyridine rings is 2. The lowest BCUT2D eigenvalue weighted by molar-refractivity contribution is -0.125. The van der Waals surface area contributed by atoms with Gasteiger partial charge in [0.15, 0.2) is 11.5 Å². The van der Waals surface area contributed by atoms with Crippen LogP contribution >= 0.6 is 0 Å². The number of likely N-dealkylation sites (tertiary alicyclic amines) is 1. The number of aromatic amines is 1. The Morgan fingerprint density at radius 3 is 2.81 bits per heavy atom. The highest BCUT2D eigenvalue weighted by Gasteiger charge is 2.28. The second-order valence-corrected chi connectivity index (χ2v) is 11.0. The number of carbonyl (C=O) groups excluding carboxylic acids is 1. The number of carbonyl (C=O) groups is 1. The van der Waals surface area contributed by atoms with E-state index in [0.717, 1.165) is 35.8 Å².